The van der Waals surface area contributed by atoms with Crippen LogP contribution in [-0.4, -0.2) is 116 Å². The Bertz CT molecular complexity index is 2850. The number of H-pyrrole nitrogens is 1. The van der Waals surface area contributed by atoms with Crippen LogP contribution in [0.5, 0.6) is 11.5 Å². The molecule has 0 radical (unpaired) electrons. The van der Waals surface area contributed by atoms with Crippen LogP contribution in [0.25, 0.3) is 22.3 Å². The lowest BCUT2D eigenvalue weighted by molar-refractivity contribution is -0.0467. The Morgan fingerprint density at radius 1 is 0.891 bits per heavy atom. The van der Waals surface area contributed by atoms with E-state index in [1.807, 2.05) is 6.92 Å². The van der Waals surface area contributed by atoms with E-state index in [0.29, 0.717) is 23.5 Å². The highest BCUT2D eigenvalue weighted by Gasteiger charge is 2.52. The predicted octanol–water partition coefficient (Wildman–Crippen LogP) is 1.48. The number of hydrogen-bond acceptors (Lipinski definition) is 20. The highest BCUT2D eigenvalue weighted by molar-refractivity contribution is 8.55. The smallest absolute Gasteiger partial charge is 0.343 e. The maximum absolute atomic E-state index is 15.2. The van der Waals surface area contributed by atoms with Crippen LogP contribution >= 0.6 is 24.7 Å². The summed E-state index contributed by atoms with van der Waals surface area (Å²) < 4.78 is 53.6. The minimum atomic E-state index is -4.17. The zero-order chi connectivity index (χ0) is 44.9. The van der Waals surface area contributed by atoms with E-state index in [9.17, 15) is 24.7 Å². The summed E-state index contributed by atoms with van der Waals surface area (Å²) in [6.45, 7) is -6.78. The molecule has 64 heavy (non-hydrogen) atoms. The van der Waals surface area contributed by atoms with Crippen LogP contribution in [0.4, 0.5) is 11.8 Å². The van der Waals surface area contributed by atoms with Gasteiger partial charge in [-0.2, -0.15) is 4.98 Å². The van der Waals surface area contributed by atoms with Gasteiger partial charge < -0.3 is 54.6 Å². The van der Waals surface area contributed by atoms with E-state index in [0.717, 1.165) is 11.4 Å². The van der Waals surface area contributed by atoms with Crippen LogP contribution in [0, 0.1) is 0 Å². The molecule has 9 rings (SSSR count). The summed E-state index contributed by atoms with van der Waals surface area (Å²) in [5.74, 6) is 0.273. The van der Waals surface area contributed by atoms with Crippen LogP contribution in [-0.2, 0) is 40.6 Å². The van der Waals surface area contributed by atoms with Crippen molar-refractivity contribution in [3.8, 4) is 11.5 Å². The number of aliphatic hydroxyl groups excluding tert-OH is 2. The third-order valence-corrected chi connectivity index (χ3v) is 16.2. The molecule has 4 aromatic heterocycles. The number of nitrogens with one attached hydrogen (secondary N) is 3. The van der Waals surface area contributed by atoms with Crippen molar-refractivity contribution in [1.82, 2.24) is 49.2 Å². The van der Waals surface area contributed by atoms with Crippen LogP contribution in [0.15, 0.2) is 72.3 Å². The van der Waals surface area contributed by atoms with Gasteiger partial charge in [-0.25, -0.2) is 34.9 Å². The maximum atomic E-state index is 15.2. The number of imidazole rings is 2. The first kappa shape index (κ1) is 44.3. The number of carbonyl (C=O) groups excluding carboxylic acids is 1. The molecular formula is C36H40N12O12P2S2. The summed E-state index contributed by atoms with van der Waals surface area (Å²) in [5, 5.41) is 29.4. The highest BCUT2D eigenvalue weighted by Crippen LogP contribution is 2.59. The number of esters is 1. The van der Waals surface area contributed by atoms with E-state index < -0.39 is 87.1 Å². The summed E-state index contributed by atoms with van der Waals surface area (Å²) in [7, 11) is 0. The van der Waals surface area contributed by atoms with Gasteiger partial charge >= 0.3 is 12.7 Å². The predicted molar refractivity (Wildman–Crippen MR) is 232 cm³/mol. The molecule has 10 N–H and O–H groups in total. The van der Waals surface area contributed by atoms with Crippen LogP contribution < -0.4 is 36.7 Å². The second-order valence-corrected chi connectivity index (χ2v) is 22.0. The Kier molecular flexibility index (Phi) is 12.3. The van der Waals surface area contributed by atoms with Crippen molar-refractivity contribution in [3.63, 3.8) is 0 Å². The first-order chi connectivity index (χ1) is 30.7. The Labute approximate surface area is 370 Å². The topological polar surface area (TPSA) is 333 Å². The van der Waals surface area contributed by atoms with Gasteiger partial charge in [-0.3, -0.25) is 23.5 Å². The molecule has 28 heteroatoms. The number of nitrogens with two attached hydrogens (primary N) is 2. The SMILES string of the molecule is CCOc1ccc(C(=O)Oc2ccc(CS[P@@]3(=O)N[C@@H]4[C@@H](O)[C@H](n5cnc6c(N)ncnc65)O[C@@H]4COP(O)(=S)N[C@H]4[C@@H](O)[C@H](n5cnc6c(=O)[nH]c(N)nc65)O[C@@H]4CO3)cc2)cc1. The number of ether oxygens (including phenoxy) is 4. The fourth-order valence-corrected chi connectivity index (χ4v) is 12.8. The van der Waals surface area contributed by atoms with Gasteiger partial charge in [-0.15, -0.1) is 0 Å². The van der Waals surface area contributed by atoms with Gasteiger partial charge in [0.05, 0.1) is 50.1 Å². The van der Waals surface area contributed by atoms with E-state index in [2.05, 4.69) is 40.1 Å². The highest BCUT2D eigenvalue weighted by atomic mass is 32.7. The molecule has 3 aliphatic heterocycles. The number of anilines is 2. The number of aromatic nitrogens is 8. The number of aromatic amines is 1. The average molecular weight is 959 g/mol. The molecule has 0 spiro atoms. The minimum Gasteiger partial charge on any atom is -0.494 e. The second-order valence-electron chi connectivity index (χ2n) is 14.7. The Balaban J connectivity index is 0.990. The summed E-state index contributed by atoms with van der Waals surface area (Å²) in [6.07, 6.45) is -3.94. The zero-order valence-electron chi connectivity index (χ0n) is 33.3. The standard InChI is InChI=1S/C36H40N12O12P2S2/c1-2-55-19-9-5-18(6-10-19)35(52)58-20-7-3-17(4-8-20)13-64-62(54)46-24-21(59-33(28(24)50)47-15-41-25-29(37)39-14-40-30(25)47)11-56-61(53,63)45-23-22(12-57-62)60-34(27(23)49)48-16-42-26-31(48)43-36(38)44-32(26)51/h3-10,14-16,21-24,27-28,33-34,49-50H,2,11-13H2,1H3,(H,46,54)(H2,37,39,40)(H2,45,53,63)(H3,38,43,44,51)/t21-,22-,23-,24+,27-,28-,33-,34-,61?,62-/m1/s1. The Morgan fingerprint density at radius 3 is 2.20 bits per heavy atom. The molecule has 0 amide bonds. The largest absolute Gasteiger partial charge is 0.494 e. The molecule has 338 valence electrons. The lowest BCUT2D eigenvalue weighted by Crippen LogP contribution is -2.47. The maximum Gasteiger partial charge on any atom is 0.343 e. The van der Waals surface area contributed by atoms with Gasteiger partial charge in [0.1, 0.15) is 47.8 Å². The number of carbonyl (C=O) groups is 1. The third kappa shape index (κ3) is 8.89. The van der Waals surface area contributed by atoms with E-state index in [1.165, 1.54) is 28.1 Å². The quantitative estimate of drug-likeness (QED) is 0.0578. The van der Waals surface area contributed by atoms with Crippen LogP contribution in [0.3, 0.4) is 0 Å². The normalized spacial score (nSPS) is 29.8. The van der Waals surface area contributed by atoms with Gasteiger partial charge in [0.15, 0.2) is 35.1 Å². The van der Waals surface area contributed by atoms with Crippen molar-refractivity contribution < 1.29 is 52.5 Å². The van der Waals surface area contributed by atoms with Crippen molar-refractivity contribution in [3.05, 3.63) is 89.0 Å². The van der Waals surface area contributed by atoms with Gasteiger partial charge in [-0.1, -0.05) is 12.1 Å². The van der Waals surface area contributed by atoms with Crippen molar-refractivity contribution >= 4 is 76.6 Å². The van der Waals surface area contributed by atoms with E-state index in [4.69, 9.17) is 51.3 Å². The zero-order valence-corrected chi connectivity index (χ0v) is 36.7. The fraction of sp³-hybridized carbons (Fsp3) is 0.361. The van der Waals surface area contributed by atoms with Gasteiger partial charge in [-0.05, 0) is 72.1 Å². The summed E-state index contributed by atoms with van der Waals surface area (Å²) in [5.41, 5.74) is 12.6. The molecule has 0 aliphatic carbocycles. The molecule has 3 fully saturated rings. The molecular weight excluding hydrogens is 919 g/mol. The number of rotatable bonds is 9. The van der Waals surface area contributed by atoms with E-state index in [-0.39, 0.29) is 45.6 Å². The summed E-state index contributed by atoms with van der Waals surface area (Å²) in [6, 6.07) is 10.7. The summed E-state index contributed by atoms with van der Waals surface area (Å²) in [4.78, 5) is 60.0. The van der Waals surface area contributed by atoms with Gasteiger partial charge in [0.25, 0.3) is 12.2 Å². The molecule has 24 nitrogen and oxygen atoms in total. The second kappa shape index (κ2) is 17.8. The third-order valence-electron chi connectivity index (χ3n) is 10.5. The number of nitrogens with zero attached hydrogens (tertiary/aromatic N) is 7. The molecule has 6 aromatic rings. The molecule has 2 aromatic carbocycles. The average Bonchev–Trinajstić information content (AvgIpc) is 4.04. The monoisotopic (exact) mass is 958 g/mol. The Hall–Kier alpha value is -4.92. The van der Waals surface area contributed by atoms with Crippen LogP contribution in [0.2, 0.25) is 0 Å². The lowest BCUT2D eigenvalue weighted by Gasteiger charge is -2.32. The van der Waals surface area contributed by atoms with Gasteiger partial charge in [0.2, 0.25) is 5.95 Å². The van der Waals surface area contributed by atoms with Crippen molar-refractivity contribution in [2.24, 2.45) is 0 Å². The van der Waals surface area contributed by atoms with E-state index in [1.54, 1.807) is 48.5 Å². The number of fused-ring (bicyclic) bond motifs is 4. The van der Waals surface area contributed by atoms with Gasteiger partial charge in [0, 0.05) is 5.75 Å². The summed E-state index contributed by atoms with van der Waals surface area (Å²) >= 11 is 6.37. The Morgan fingerprint density at radius 2 is 1.52 bits per heavy atom. The molecule has 1 unspecified atom stereocenters. The number of nitrogen functional groups attached to an aromatic ring is 2. The minimum absolute atomic E-state index is 0.00334. The lowest BCUT2D eigenvalue weighted by atomic mass is 10.1. The number of hydrogen-bond donors (Lipinski definition) is 8. The van der Waals surface area contributed by atoms with Crippen molar-refractivity contribution in [1.29, 1.82) is 0 Å². The molecule has 7 heterocycles. The van der Waals surface area contributed by atoms with E-state index >= 15 is 4.57 Å². The van der Waals surface area contributed by atoms with Crippen molar-refractivity contribution in [2.75, 3.05) is 31.3 Å². The molecule has 0 bridgehead atoms. The molecule has 0 saturated carbocycles. The first-order valence-electron chi connectivity index (χ1n) is 19.5. The van der Waals surface area contributed by atoms with Crippen LogP contribution in [0.1, 0.15) is 35.3 Å². The first-order valence-corrected chi connectivity index (χ1v) is 25.4. The molecule has 3 saturated heterocycles. The molecule has 3 aliphatic rings. The molecule has 10 atom stereocenters. The van der Waals surface area contributed by atoms with Crippen molar-refractivity contribution in [2.45, 2.75) is 61.6 Å². The number of aliphatic hydroxyl groups is 2. The fourth-order valence-electron chi connectivity index (χ4n) is 7.43. The number of benzene rings is 2.